The van der Waals surface area contributed by atoms with Gasteiger partial charge in [0, 0.05) is 36.3 Å². The number of ether oxygens (including phenoxy) is 1. The Balaban J connectivity index is 1.64. The van der Waals surface area contributed by atoms with Crippen LogP contribution in [0.4, 0.5) is 10.5 Å². The summed E-state index contributed by atoms with van der Waals surface area (Å²) >= 11 is 6.28. The summed E-state index contributed by atoms with van der Waals surface area (Å²) in [5.74, 6) is 1.40. The largest absolute Gasteiger partial charge is 0.444 e. The van der Waals surface area contributed by atoms with Crippen LogP contribution in [-0.4, -0.2) is 50.4 Å². The zero-order valence-electron chi connectivity index (χ0n) is 22.2. The number of likely N-dealkylation sites (tertiary alicyclic amines) is 1. The molecule has 4 rings (SSSR count). The van der Waals surface area contributed by atoms with Gasteiger partial charge in [0.05, 0.1) is 11.8 Å². The molecular formula is C27H38ClN5O3. The molecular weight excluding hydrogens is 478 g/mol. The molecule has 1 aromatic heterocycles. The summed E-state index contributed by atoms with van der Waals surface area (Å²) in [6.07, 6.45) is 3.63. The molecule has 0 unspecified atom stereocenters. The summed E-state index contributed by atoms with van der Waals surface area (Å²) in [5, 5.41) is 12.8. The van der Waals surface area contributed by atoms with Gasteiger partial charge in [-0.2, -0.15) is 0 Å². The molecule has 1 aliphatic heterocycles. The van der Waals surface area contributed by atoms with Crippen molar-refractivity contribution in [2.75, 3.05) is 18.4 Å². The van der Waals surface area contributed by atoms with Crippen molar-refractivity contribution >= 4 is 29.3 Å². The van der Waals surface area contributed by atoms with Gasteiger partial charge in [0.2, 0.25) is 5.91 Å². The van der Waals surface area contributed by atoms with E-state index in [4.69, 9.17) is 16.3 Å². The third kappa shape index (κ3) is 6.02. The van der Waals surface area contributed by atoms with Gasteiger partial charge in [0.15, 0.2) is 0 Å². The second-order valence-corrected chi connectivity index (χ2v) is 11.9. The number of aromatic nitrogens is 3. The van der Waals surface area contributed by atoms with Crippen molar-refractivity contribution in [3.05, 3.63) is 40.4 Å². The highest BCUT2D eigenvalue weighted by molar-refractivity contribution is 6.31. The van der Waals surface area contributed by atoms with Crippen molar-refractivity contribution in [2.45, 2.75) is 84.8 Å². The van der Waals surface area contributed by atoms with E-state index in [0.717, 1.165) is 42.9 Å². The molecule has 9 heteroatoms. The fourth-order valence-corrected chi connectivity index (χ4v) is 4.86. The number of nitrogens with zero attached hydrogens (tertiary/aromatic N) is 4. The van der Waals surface area contributed by atoms with Gasteiger partial charge in [-0.05, 0) is 70.6 Å². The predicted molar refractivity (Wildman–Crippen MR) is 140 cm³/mol. The number of amides is 2. The monoisotopic (exact) mass is 515 g/mol. The molecule has 0 spiro atoms. The predicted octanol–water partition coefficient (Wildman–Crippen LogP) is 5.75. The first-order valence-corrected chi connectivity index (χ1v) is 13.3. The highest BCUT2D eigenvalue weighted by atomic mass is 35.5. The maximum absolute atomic E-state index is 13.6. The van der Waals surface area contributed by atoms with E-state index in [1.165, 1.54) is 0 Å². The molecule has 2 aromatic rings. The zero-order valence-corrected chi connectivity index (χ0v) is 22.9. The number of hydrogen-bond acceptors (Lipinski definition) is 5. The summed E-state index contributed by atoms with van der Waals surface area (Å²) in [5.41, 5.74) is 0.856. The van der Waals surface area contributed by atoms with Gasteiger partial charge < -0.3 is 19.5 Å². The minimum atomic E-state index is -0.622. The van der Waals surface area contributed by atoms with Crippen LogP contribution < -0.4 is 5.32 Å². The fraction of sp³-hybridized carbons (Fsp3) is 0.630. The quantitative estimate of drug-likeness (QED) is 0.507. The third-order valence-electron chi connectivity index (χ3n) is 6.82. The minimum absolute atomic E-state index is 0.162. The van der Waals surface area contributed by atoms with Crippen molar-refractivity contribution in [1.82, 2.24) is 19.7 Å². The zero-order chi connectivity index (χ0) is 26.2. The van der Waals surface area contributed by atoms with Gasteiger partial charge in [-0.3, -0.25) is 4.79 Å². The molecule has 1 aliphatic carbocycles. The Labute approximate surface area is 218 Å². The molecule has 2 heterocycles. The summed E-state index contributed by atoms with van der Waals surface area (Å²) in [6.45, 7) is 12.4. The lowest BCUT2D eigenvalue weighted by molar-refractivity contribution is -0.119. The Morgan fingerprint density at radius 2 is 1.92 bits per heavy atom. The van der Waals surface area contributed by atoms with E-state index in [1.54, 1.807) is 11.0 Å². The molecule has 2 fully saturated rings. The standard InChI is InChI=1S/C27H38ClN5O3/c1-16(2)10-13-23-30-31-24(33(23)18-11-12-18)19-14-32(26(35)36-27(4,5)6)15-20(19)25(34)29-22-9-7-8-21(28)17(22)3/h7-9,16,18-20H,10-15H2,1-6H3,(H,29,34)/t19-,20-/m0/s1. The molecule has 0 radical (unpaired) electrons. The highest BCUT2D eigenvalue weighted by Crippen LogP contribution is 2.42. The van der Waals surface area contributed by atoms with E-state index in [0.29, 0.717) is 29.2 Å². The number of anilines is 1. The first-order valence-electron chi connectivity index (χ1n) is 12.9. The van der Waals surface area contributed by atoms with Crippen molar-refractivity contribution in [2.24, 2.45) is 11.8 Å². The maximum atomic E-state index is 13.6. The second kappa shape index (κ2) is 10.4. The summed E-state index contributed by atoms with van der Waals surface area (Å²) < 4.78 is 7.89. The molecule has 0 bridgehead atoms. The Bertz CT molecular complexity index is 1120. The number of halogens is 1. The first kappa shape index (κ1) is 26.5. The number of aryl methyl sites for hydroxylation is 1. The maximum Gasteiger partial charge on any atom is 0.410 e. The van der Waals surface area contributed by atoms with E-state index >= 15 is 0 Å². The van der Waals surface area contributed by atoms with Crippen molar-refractivity contribution < 1.29 is 14.3 Å². The number of benzene rings is 1. The van der Waals surface area contributed by atoms with Crippen LogP contribution in [0.15, 0.2) is 18.2 Å². The van der Waals surface area contributed by atoms with Gasteiger partial charge in [-0.15, -0.1) is 10.2 Å². The molecule has 196 valence electrons. The molecule has 1 saturated heterocycles. The molecule has 2 atom stereocenters. The lowest BCUT2D eigenvalue weighted by atomic mass is 9.93. The smallest absolute Gasteiger partial charge is 0.410 e. The Morgan fingerprint density at radius 3 is 2.56 bits per heavy atom. The van der Waals surface area contributed by atoms with Gasteiger partial charge in [-0.1, -0.05) is 31.5 Å². The molecule has 2 amide bonds. The molecule has 1 saturated carbocycles. The Morgan fingerprint density at radius 1 is 1.19 bits per heavy atom. The van der Waals surface area contributed by atoms with Crippen molar-refractivity contribution in [3.63, 3.8) is 0 Å². The SMILES string of the molecule is Cc1c(Cl)cccc1NC(=O)[C@H]1CN(C(=O)OC(C)(C)C)C[C@@H]1c1nnc(CCC(C)C)n1C1CC1. The number of carbonyl (C=O) groups excluding carboxylic acids is 2. The molecule has 1 N–H and O–H groups in total. The van der Waals surface area contributed by atoms with Gasteiger partial charge in [0.1, 0.15) is 17.2 Å². The van der Waals surface area contributed by atoms with Crippen LogP contribution in [0.1, 0.15) is 83.1 Å². The van der Waals surface area contributed by atoms with E-state index in [9.17, 15) is 9.59 Å². The highest BCUT2D eigenvalue weighted by Gasteiger charge is 2.45. The van der Waals surface area contributed by atoms with Crippen LogP contribution >= 0.6 is 11.6 Å². The minimum Gasteiger partial charge on any atom is -0.444 e. The number of carbonyl (C=O) groups is 2. The van der Waals surface area contributed by atoms with E-state index in [2.05, 4.69) is 33.9 Å². The average molecular weight is 516 g/mol. The topological polar surface area (TPSA) is 89.3 Å². The fourth-order valence-electron chi connectivity index (χ4n) is 4.68. The average Bonchev–Trinajstić information content (AvgIpc) is 3.37. The first-order chi connectivity index (χ1) is 16.9. The van der Waals surface area contributed by atoms with Crippen LogP contribution in [0.2, 0.25) is 5.02 Å². The summed E-state index contributed by atoms with van der Waals surface area (Å²) in [6, 6.07) is 5.82. The van der Waals surface area contributed by atoms with E-state index in [1.807, 2.05) is 39.8 Å². The Hall–Kier alpha value is -2.61. The molecule has 1 aromatic carbocycles. The van der Waals surface area contributed by atoms with Crippen LogP contribution in [0.3, 0.4) is 0 Å². The van der Waals surface area contributed by atoms with Crippen molar-refractivity contribution in [1.29, 1.82) is 0 Å². The van der Waals surface area contributed by atoms with E-state index in [-0.39, 0.29) is 18.4 Å². The number of rotatable bonds is 7. The lowest BCUT2D eigenvalue weighted by Gasteiger charge is -2.24. The molecule has 36 heavy (non-hydrogen) atoms. The Kier molecular flexibility index (Phi) is 7.64. The summed E-state index contributed by atoms with van der Waals surface area (Å²) in [4.78, 5) is 28.3. The normalized spacial score (nSPS) is 20.2. The van der Waals surface area contributed by atoms with Crippen molar-refractivity contribution in [3.8, 4) is 0 Å². The van der Waals surface area contributed by atoms with Crippen LogP contribution in [-0.2, 0) is 16.0 Å². The van der Waals surface area contributed by atoms with Crippen LogP contribution in [0.25, 0.3) is 0 Å². The van der Waals surface area contributed by atoms with Gasteiger partial charge in [0.25, 0.3) is 0 Å². The second-order valence-electron chi connectivity index (χ2n) is 11.5. The van der Waals surface area contributed by atoms with Gasteiger partial charge in [-0.25, -0.2) is 4.79 Å². The molecule has 8 nitrogen and oxygen atoms in total. The van der Waals surface area contributed by atoms with Crippen LogP contribution in [0, 0.1) is 18.8 Å². The third-order valence-corrected chi connectivity index (χ3v) is 7.23. The number of nitrogens with one attached hydrogen (secondary N) is 1. The lowest BCUT2D eigenvalue weighted by Crippen LogP contribution is -2.36. The van der Waals surface area contributed by atoms with Crippen LogP contribution in [0.5, 0.6) is 0 Å². The van der Waals surface area contributed by atoms with Gasteiger partial charge >= 0.3 is 6.09 Å². The van der Waals surface area contributed by atoms with E-state index < -0.39 is 17.6 Å². The summed E-state index contributed by atoms with van der Waals surface area (Å²) in [7, 11) is 0. The molecule has 2 aliphatic rings. The number of hydrogen-bond donors (Lipinski definition) is 1.